The Hall–Kier alpha value is -2.43. The number of carbonyl (C=O) groups is 1. The molecule has 0 saturated carbocycles. The molecule has 82 valence electrons. The van der Waals surface area contributed by atoms with Gasteiger partial charge in [-0.2, -0.15) is 0 Å². The maximum atomic E-state index is 11.6. The molecule has 0 aliphatic rings. The van der Waals surface area contributed by atoms with Gasteiger partial charge in [0, 0.05) is 11.8 Å². The topological polar surface area (TPSA) is 88.5 Å². The number of phenolic OH excluding ortho intramolecular Hbond substituents is 1. The molecule has 4 N–H and O–H groups in total. The highest BCUT2D eigenvalue weighted by Crippen LogP contribution is 2.16. The number of benzene rings is 1. The third kappa shape index (κ3) is 2.14. The number of nitrogens with one attached hydrogen (secondary N) is 1. The minimum absolute atomic E-state index is 0.139. The van der Waals surface area contributed by atoms with E-state index in [1.165, 1.54) is 24.3 Å². The fourth-order valence-electron chi connectivity index (χ4n) is 1.21. The minimum atomic E-state index is -0.387. The first-order valence-electron chi connectivity index (χ1n) is 4.61. The number of phenols is 1. The normalized spacial score (nSPS) is 10.0. The Kier molecular flexibility index (Phi) is 2.51. The summed E-state index contributed by atoms with van der Waals surface area (Å²) >= 11 is 0. The van der Waals surface area contributed by atoms with Crippen molar-refractivity contribution in [3.8, 4) is 5.75 Å². The molecule has 0 spiro atoms. The van der Waals surface area contributed by atoms with Crippen LogP contribution >= 0.6 is 0 Å². The minimum Gasteiger partial charge on any atom is -0.508 e. The van der Waals surface area contributed by atoms with Crippen molar-refractivity contribution in [2.45, 2.75) is 0 Å². The van der Waals surface area contributed by atoms with Crippen molar-refractivity contribution in [2.24, 2.45) is 0 Å². The summed E-state index contributed by atoms with van der Waals surface area (Å²) in [7, 11) is 0. The van der Waals surface area contributed by atoms with E-state index in [0.29, 0.717) is 5.69 Å². The molecule has 1 aromatic carbocycles. The van der Waals surface area contributed by atoms with Crippen molar-refractivity contribution >= 4 is 17.5 Å². The first kappa shape index (κ1) is 10.1. The lowest BCUT2D eigenvalue weighted by Crippen LogP contribution is -2.10. The second kappa shape index (κ2) is 3.98. The highest BCUT2D eigenvalue weighted by Gasteiger charge is 2.09. The molecule has 0 aliphatic heterocycles. The van der Waals surface area contributed by atoms with Gasteiger partial charge in [0.05, 0.1) is 0 Å². The van der Waals surface area contributed by atoms with Gasteiger partial charge in [-0.25, -0.2) is 0 Å². The Morgan fingerprint density at radius 3 is 2.44 bits per heavy atom. The molecule has 0 radical (unpaired) electrons. The Bertz CT molecular complexity index is 502. The van der Waals surface area contributed by atoms with Gasteiger partial charge in [0.15, 0.2) is 11.6 Å². The molecule has 0 bridgehead atoms. The Labute approximate surface area is 91.5 Å². The number of hydrogen-bond donors (Lipinski definition) is 3. The largest absolute Gasteiger partial charge is 0.508 e. The van der Waals surface area contributed by atoms with Gasteiger partial charge in [0.1, 0.15) is 5.75 Å². The SMILES string of the molecule is Nc1ccc(C(=O)Nc2ccc(O)cc2)o1. The van der Waals surface area contributed by atoms with Gasteiger partial charge in [-0.3, -0.25) is 4.79 Å². The number of carbonyl (C=O) groups excluding carboxylic acids is 1. The van der Waals surface area contributed by atoms with Gasteiger partial charge in [-0.15, -0.1) is 0 Å². The summed E-state index contributed by atoms with van der Waals surface area (Å²) in [6.07, 6.45) is 0. The zero-order valence-electron chi connectivity index (χ0n) is 8.31. The van der Waals surface area contributed by atoms with Crippen LogP contribution in [0.3, 0.4) is 0 Å². The van der Waals surface area contributed by atoms with Gasteiger partial charge in [-0.05, 0) is 30.3 Å². The van der Waals surface area contributed by atoms with Crippen molar-refractivity contribution in [3.63, 3.8) is 0 Å². The highest BCUT2D eigenvalue weighted by atomic mass is 16.4. The molecule has 0 aliphatic carbocycles. The molecule has 2 rings (SSSR count). The Balaban J connectivity index is 2.10. The van der Waals surface area contributed by atoms with Crippen LogP contribution in [-0.4, -0.2) is 11.0 Å². The van der Waals surface area contributed by atoms with E-state index in [1.54, 1.807) is 12.1 Å². The number of nitrogen functional groups attached to an aromatic ring is 1. The monoisotopic (exact) mass is 218 g/mol. The van der Waals surface area contributed by atoms with Crippen LogP contribution in [0, 0.1) is 0 Å². The van der Waals surface area contributed by atoms with Crippen LogP contribution in [0.5, 0.6) is 5.75 Å². The van der Waals surface area contributed by atoms with E-state index < -0.39 is 0 Å². The number of nitrogens with two attached hydrogens (primary N) is 1. The zero-order valence-corrected chi connectivity index (χ0v) is 8.31. The molecular weight excluding hydrogens is 208 g/mol. The molecule has 0 unspecified atom stereocenters. The van der Waals surface area contributed by atoms with Gasteiger partial charge in [0.25, 0.3) is 5.91 Å². The lowest BCUT2D eigenvalue weighted by molar-refractivity contribution is 0.0997. The number of anilines is 2. The Morgan fingerprint density at radius 1 is 1.19 bits per heavy atom. The third-order valence-electron chi connectivity index (χ3n) is 1.98. The predicted molar refractivity (Wildman–Crippen MR) is 59.2 cm³/mol. The second-order valence-corrected chi connectivity index (χ2v) is 3.20. The molecule has 5 nitrogen and oxygen atoms in total. The number of rotatable bonds is 2. The molecule has 1 heterocycles. The molecule has 0 fully saturated rings. The van der Waals surface area contributed by atoms with Crippen LogP contribution in [0.2, 0.25) is 0 Å². The summed E-state index contributed by atoms with van der Waals surface area (Å²) in [4.78, 5) is 11.6. The van der Waals surface area contributed by atoms with E-state index in [4.69, 9.17) is 15.3 Å². The first-order valence-corrected chi connectivity index (χ1v) is 4.61. The van der Waals surface area contributed by atoms with Gasteiger partial charge in [0.2, 0.25) is 0 Å². The standard InChI is InChI=1S/C11H10N2O3/c12-10-6-5-9(16-10)11(15)13-7-1-3-8(14)4-2-7/h1-6,14H,12H2,(H,13,15). The van der Waals surface area contributed by atoms with E-state index in [1.807, 2.05) is 0 Å². The smallest absolute Gasteiger partial charge is 0.291 e. The summed E-state index contributed by atoms with van der Waals surface area (Å²) < 4.78 is 4.96. The predicted octanol–water partition coefficient (Wildman–Crippen LogP) is 1.82. The first-order chi connectivity index (χ1) is 7.65. The summed E-state index contributed by atoms with van der Waals surface area (Å²) in [6.45, 7) is 0. The van der Waals surface area contributed by atoms with Crippen molar-refractivity contribution in [2.75, 3.05) is 11.1 Å². The van der Waals surface area contributed by atoms with Crippen molar-refractivity contribution in [1.82, 2.24) is 0 Å². The fraction of sp³-hybridized carbons (Fsp3) is 0. The number of furan rings is 1. The van der Waals surface area contributed by atoms with Crippen LogP contribution in [0.15, 0.2) is 40.8 Å². The van der Waals surface area contributed by atoms with Crippen LogP contribution in [0.25, 0.3) is 0 Å². The average molecular weight is 218 g/mol. The zero-order chi connectivity index (χ0) is 11.5. The van der Waals surface area contributed by atoms with Crippen molar-refractivity contribution in [3.05, 3.63) is 42.2 Å². The molecule has 0 saturated heterocycles. The van der Waals surface area contributed by atoms with E-state index in [9.17, 15) is 4.79 Å². The maximum absolute atomic E-state index is 11.6. The second-order valence-electron chi connectivity index (χ2n) is 3.20. The van der Waals surface area contributed by atoms with E-state index in [2.05, 4.69) is 5.32 Å². The lowest BCUT2D eigenvalue weighted by Gasteiger charge is -2.02. The average Bonchev–Trinajstić information content (AvgIpc) is 2.68. The van der Waals surface area contributed by atoms with E-state index >= 15 is 0 Å². The lowest BCUT2D eigenvalue weighted by atomic mass is 10.3. The molecule has 1 aromatic heterocycles. The van der Waals surface area contributed by atoms with Crippen LogP contribution in [0.1, 0.15) is 10.6 Å². The van der Waals surface area contributed by atoms with E-state index in [0.717, 1.165) is 0 Å². The summed E-state index contributed by atoms with van der Waals surface area (Å²) in [6, 6.07) is 9.12. The summed E-state index contributed by atoms with van der Waals surface area (Å²) in [5, 5.41) is 11.7. The Morgan fingerprint density at radius 2 is 1.88 bits per heavy atom. The quantitative estimate of drug-likeness (QED) is 0.671. The van der Waals surface area contributed by atoms with Crippen molar-refractivity contribution in [1.29, 1.82) is 0 Å². The number of amides is 1. The van der Waals surface area contributed by atoms with Crippen LogP contribution < -0.4 is 11.1 Å². The van der Waals surface area contributed by atoms with Gasteiger partial charge in [-0.1, -0.05) is 0 Å². The van der Waals surface area contributed by atoms with E-state index in [-0.39, 0.29) is 23.3 Å². The number of aromatic hydroxyl groups is 1. The summed E-state index contributed by atoms with van der Waals surface area (Å²) in [5.41, 5.74) is 5.92. The van der Waals surface area contributed by atoms with Crippen molar-refractivity contribution < 1.29 is 14.3 Å². The van der Waals surface area contributed by atoms with Gasteiger partial charge < -0.3 is 20.6 Å². The highest BCUT2D eigenvalue weighted by molar-refractivity contribution is 6.02. The third-order valence-corrected chi connectivity index (χ3v) is 1.98. The molecule has 2 aromatic rings. The molecule has 5 heteroatoms. The molecule has 0 atom stereocenters. The molecule has 16 heavy (non-hydrogen) atoms. The van der Waals surface area contributed by atoms with Crippen LogP contribution in [-0.2, 0) is 0 Å². The maximum Gasteiger partial charge on any atom is 0.291 e. The summed E-state index contributed by atoms with van der Waals surface area (Å²) in [5.74, 6) is 0.0871. The van der Waals surface area contributed by atoms with Gasteiger partial charge >= 0.3 is 0 Å². The fourth-order valence-corrected chi connectivity index (χ4v) is 1.21. The number of hydrogen-bond acceptors (Lipinski definition) is 4. The van der Waals surface area contributed by atoms with Crippen LogP contribution in [0.4, 0.5) is 11.6 Å². The molecular formula is C11H10N2O3. The molecule has 1 amide bonds.